The van der Waals surface area contributed by atoms with E-state index in [0.717, 1.165) is 17.9 Å². The van der Waals surface area contributed by atoms with E-state index in [9.17, 15) is 0 Å². The molecule has 1 aliphatic rings. The Labute approximate surface area is 117 Å². The minimum atomic E-state index is -0.106. The zero-order valence-electron chi connectivity index (χ0n) is 8.81. The SMILES string of the molecule is [Cl][Pd][Cl].c1ccc2c(c1)Cc1ccccc1O2. The molecule has 3 rings (SSSR count). The van der Waals surface area contributed by atoms with E-state index in [4.69, 9.17) is 23.8 Å². The Morgan fingerprint density at radius 1 is 0.824 bits per heavy atom. The minimum Gasteiger partial charge on any atom is -0.457 e. The van der Waals surface area contributed by atoms with Gasteiger partial charge < -0.3 is 4.74 Å². The fourth-order valence-corrected chi connectivity index (χ4v) is 1.82. The molecule has 2 aromatic carbocycles. The summed E-state index contributed by atoms with van der Waals surface area (Å²) in [7, 11) is 9.63. The molecule has 1 nitrogen and oxygen atoms in total. The molecule has 0 saturated carbocycles. The first kappa shape index (κ1) is 12.9. The molecule has 0 spiro atoms. The molecule has 17 heavy (non-hydrogen) atoms. The van der Waals surface area contributed by atoms with Gasteiger partial charge >= 0.3 is 35.0 Å². The van der Waals surface area contributed by atoms with Gasteiger partial charge in [0.25, 0.3) is 0 Å². The van der Waals surface area contributed by atoms with Gasteiger partial charge in [-0.15, -0.1) is 0 Å². The maximum atomic E-state index is 5.78. The third kappa shape index (κ3) is 3.24. The molecular weight excluding hydrogens is 349 g/mol. The Morgan fingerprint density at radius 3 is 1.71 bits per heavy atom. The Hall–Kier alpha value is -0.518. The summed E-state index contributed by atoms with van der Waals surface area (Å²) in [6.45, 7) is 0. The second-order valence-corrected chi connectivity index (χ2v) is 5.90. The summed E-state index contributed by atoms with van der Waals surface area (Å²) in [5, 5.41) is 0. The maximum absolute atomic E-state index is 5.78. The summed E-state index contributed by atoms with van der Waals surface area (Å²) < 4.78 is 5.78. The van der Waals surface area contributed by atoms with E-state index in [1.54, 1.807) is 0 Å². The number of ether oxygens (including phenoxy) is 1. The van der Waals surface area contributed by atoms with Gasteiger partial charge in [0.1, 0.15) is 11.5 Å². The minimum absolute atomic E-state index is 0.106. The first-order valence-electron chi connectivity index (χ1n) is 5.01. The number of rotatable bonds is 0. The van der Waals surface area contributed by atoms with Crippen molar-refractivity contribution >= 4 is 19.1 Å². The second-order valence-electron chi connectivity index (χ2n) is 3.54. The summed E-state index contributed by atoms with van der Waals surface area (Å²) in [6.07, 6.45) is 0.979. The third-order valence-corrected chi connectivity index (χ3v) is 2.55. The largest absolute Gasteiger partial charge is 0.457 e. The average Bonchev–Trinajstić information content (AvgIpc) is 2.37. The maximum Gasteiger partial charge on any atom is 0.130 e. The summed E-state index contributed by atoms with van der Waals surface area (Å²) in [6, 6.07) is 16.4. The topological polar surface area (TPSA) is 9.23 Å². The number of halogens is 2. The van der Waals surface area contributed by atoms with Crippen LogP contribution < -0.4 is 4.74 Å². The van der Waals surface area contributed by atoms with E-state index in [1.807, 2.05) is 24.3 Å². The summed E-state index contributed by atoms with van der Waals surface area (Å²) in [5.41, 5.74) is 2.54. The third-order valence-electron chi connectivity index (χ3n) is 2.55. The van der Waals surface area contributed by atoms with Gasteiger partial charge in [-0.2, -0.15) is 0 Å². The van der Waals surface area contributed by atoms with Gasteiger partial charge in [0.15, 0.2) is 0 Å². The molecule has 0 N–H and O–H groups in total. The van der Waals surface area contributed by atoms with Crippen LogP contribution in [0.15, 0.2) is 48.5 Å². The van der Waals surface area contributed by atoms with Gasteiger partial charge in [0.2, 0.25) is 0 Å². The number of benzene rings is 2. The van der Waals surface area contributed by atoms with Crippen molar-refractivity contribution in [2.24, 2.45) is 0 Å². The van der Waals surface area contributed by atoms with Crippen LogP contribution in [0.5, 0.6) is 11.5 Å². The van der Waals surface area contributed by atoms with Gasteiger partial charge in [-0.05, 0) is 23.3 Å². The molecule has 0 aromatic heterocycles. The zero-order chi connectivity index (χ0) is 12.1. The van der Waals surface area contributed by atoms with Gasteiger partial charge in [-0.3, -0.25) is 0 Å². The fraction of sp³-hybridized carbons (Fsp3) is 0.0769. The van der Waals surface area contributed by atoms with Crippen LogP contribution in [-0.4, -0.2) is 0 Å². The van der Waals surface area contributed by atoms with E-state index in [0.29, 0.717) is 0 Å². The number of para-hydroxylation sites is 2. The van der Waals surface area contributed by atoms with Crippen LogP contribution in [0.1, 0.15) is 11.1 Å². The molecule has 0 radical (unpaired) electrons. The van der Waals surface area contributed by atoms with E-state index < -0.39 is 0 Å². The Balaban J connectivity index is 0.000000329. The monoisotopic (exact) mass is 358 g/mol. The molecule has 0 bridgehead atoms. The van der Waals surface area contributed by atoms with Gasteiger partial charge in [-0.25, -0.2) is 0 Å². The molecule has 2 aromatic rings. The molecule has 4 heteroatoms. The van der Waals surface area contributed by atoms with E-state index in [1.165, 1.54) is 11.1 Å². The van der Waals surface area contributed by atoms with E-state index in [-0.39, 0.29) is 15.9 Å². The van der Waals surface area contributed by atoms with Crippen LogP contribution in [0.25, 0.3) is 0 Å². The Morgan fingerprint density at radius 2 is 1.24 bits per heavy atom. The first-order valence-corrected chi connectivity index (χ1v) is 9.01. The molecule has 0 saturated heterocycles. The smallest absolute Gasteiger partial charge is 0.130 e. The zero-order valence-corrected chi connectivity index (χ0v) is 11.9. The Kier molecular flexibility index (Phi) is 4.89. The van der Waals surface area contributed by atoms with Crippen molar-refractivity contribution in [3.8, 4) is 11.5 Å². The standard InChI is InChI=1S/C13H10O.2ClH.Pd/c1-3-7-12-10(5-1)9-11-6-2-4-8-13(11)14-12;;;/h1-8H,9H2;2*1H;/q;;;+2/p-2. The van der Waals surface area contributed by atoms with Crippen molar-refractivity contribution in [2.75, 3.05) is 0 Å². The molecule has 0 atom stereocenters. The first-order chi connectivity index (χ1) is 8.35. The van der Waals surface area contributed by atoms with Crippen molar-refractivity contribution in [1.82, 2.24) is 0 Å². The van der Waals surface area contributed by atoms with Gasteiger partial charge in [-0.1, -0.05) is 36.4 Å². The quantitative estimate of drug-likeness (QED) is 0.526. The Bertz CT molecular complexity index is 415. The van der Waals surface area contributed by atoms with Crippen molar-refractivity contribution in [1.29, 1.82) is 0 Å². The molecule has 1 heterocycles. The van der Waals surface area contributed by atoms with Gasteiger partial charge in [0, 0.05) is 6.42 Å². The predicted molar refractivity (Wildman–Crippen MR) is 67.5 cm³/mol. The van der Waals surface area contributed by atoms with Crippen LogP contribution >= 0.6 is 19.1 Å². The molecule has 1 aliphatic heterocycles. The normalized spacial score (nSPS) is 11.6. The number of fused-ring (bicyclic) bond motifs is 2. The van der Waals surface area contributed by atoms with E-state index in [2.05, 4.69) is 24.3 Å². The van der Waals surface area contributed by atoms with Crippen LogP contribution in [0.3, 0.4) is 0 Å². The molecule has 0 fully saturated rings. The van der Waals surface area contributed by atoms with Crippen molar-refractivity contribution < 1.29 is 20.7 Å². The van der Waals surface area contributed by atoms with Crippen LogP contribution in [-0.2, 0) is 22.4 Å². The number of hydrogen-bond donors (Lipinski definition) is 0. The molecular formula is C13H10Cl2OPd. The van der Waals surface area contributed by atoms with Crippen molar-refractivity contribution in [3.05, 3.63) is 59.7 Å². The fourth-order valence-electron chi connectivity index (χ4n) is 1.82. The molecule has 92 valence electrons. The summed E-state index contributed by atoms with van der Waals surface area (Å²) in [4.78, 5) is 0. The molecule has 0 amide bonds. The van der Waals surface area contributed by atoms with Crippen molar-refractivity contribution in [2.45, 2.75) is 6.42 Å². The van der Waals surface area contributed by atoms with Crippen LogP contribution in [0.2, 0.25) is 0 Å². The molecule has 0 unspecified atom stereocenters. The second kappa shape index (κ2) is 6.42. The summed E-state index contributed by atoms with van der Waals surface area (Å²) in [5.74, 6) is 1.98. The van der Waals surface area contributed by atoms with Crippen LogP contribution in [0.4, 0.5) is 0 Å². The number of hydrogen-bond acceptors (Lipinski definition) is 1. The van der Waals surface area contributed by atoms with Gasteiger partial charge in [0.05, 0.1) is 0 Å². The average molecular weight is 360 g/mol. The summed E-state index contributed by atoms with van der Waals surface area (Å²) >= 11 is -0.106. The molecule has 0 aliphatic carbocycles. The predicted octanol–water partition coefficient (Wildman–Crippen LogP) is 4.76. The van der Waals surface area contributed by atoms with E-state index >= 15 is 0 Å². The van der Waals surface area contributed by atoms with Crippen LogP contribution in [0, 0.1) is 0 Å². The van der Waals surface area contributed by atoms with Crippen molar-refractivity contribution in [3.63, 3.8) is 0 Å².